The van der Waals surface area contributed by atoms with Gasteiger partial charge in [-0.25, -0.2) is 4.68 Å². The van der Waals surface area contributed by atoms with Gasteiger partial charge in [0, 0.05) is 25.2 Å². The molecule has 8 nitrogen and oxygen atoms in total. The monoisotopic (exact) mass is 391 g/mol. The van der Waals surface area contributed by atoms with Gasteiger partial charge in [-0.2, -0.15) is 0 Å². The molecule has 0 spiro atoms. The number of aromatic nitrogens is 3. The average molecular weight is 391 g/mol. The lowest BCUT2D eigenvalue weighted by Crippen LogP contribution is -2.34. The van der Waals surface area contributed by atoms with E-state index < -0.39 is 0 Å². The smallest absolute Gasteiger partial charge is 0.278 e. The molecule has 2 aromatic carbocycles. The number of fused-ring (bicyclic) bond motifs is 1. The number of nitrogens with one attached hydrogen (secondary N) is 1. The Kier molecular flexibility index (Phi) is 5.33. The van der Waals surface area contributed by atoms with Crippen LogP contribution in [0.3, 0.4) is 0 Å². The van der Waals surface area contributed by atoms with Crippen LogP contribution in [0.15, 0.2) is 53.3 Å². The molecule has 29 heavy (non-hydrogen) atoms. The summed E-state index contributed by atoms with van der Waals surface area (Å²) in [6.45, 7) is 1.06. The molecule has 0 bridgehead atoms. The second kappa shape index (κ2) is 8.22. The van der Waals surface area contributed by atoms with Crippen LogP contribution in [0.5, 0.6) is 0 Å². The normalized spacial score (nSPS) is 14.2. The first kappa shape index (κ1) is 18.8. The third kappa shape index (κ3) is 4.31. The van der Waals surface area contributed by atoms with Gasteiger partial charge in [0.05, 0.1) is 5.39 Å². The number of benzene rings is 2. The maximum absolute atomic E-state index is 12.5. The van der Waals surface area contributed by atoms with Crippen molar-refractivity contribution in [2.75, 3.05) is 11.9 Å². The molecule has 0 atom stereocenters. The summed E-state index contributed by atoms with van der Waals surface area (Å²) in [5.41, 5.74) is 1.69. The van der Waals surface area contributed by atoms with Crippen molar-refractivity contribution in [3.63, 3.8) is 0 Å². The van der Waals surface area contributed by atoms with E-state index in [1.807, 2.05) is 23.1 Å². The minimum atomic E-state index is -0.372. The van der Waals surface area contributed by atoms with Gasteiger partial charge in [-0.3, -0.25) is 14.4 Å². The Bertz CT molecular complexity index is 1120. The largest absolute Gasteiger partial charge is 0.338 e. The molecule has 1 aliphatic heterocycles. The molecule has 0 unspecified atom stereocenters. The minimum Gasteiger partial charge on any atom is -0.338 e. The molecular formula is C21H21N5O3. The molecule has 4 rings (SSSR count). The summed E-state index contributed by atoms with van der Waals surface area (Å²) < 4.78 is 1.05. The van der Waals surface area contributed by atoms with Gasteiger partial charge in [0.1, 0.15) is 12.1 Å². The molecule has 1 aromatic heterocycles. The highest BCUT2D eigenvalue weighted by Crippen LogP contribution is 2.17. The Morgan fingerprint density at radius 3 is 2.79 bits per heavy atom. The standard InChI is InChI=1S/C21H21N5O3/c27-19(14-26-21(29)17-8-1-2-9-18(17)23-24-26)22-16-7-5-6-15(12-16)13-25-11-4-3-10-20(25)28/h1-2,5-9,12H,3-4,10-11,13-14H2,(H,22,27). The number of piperidine rings is 1. The fourth-order valence-corrected chi connectivity index (χ4v) is 3.46. The van der Waals surface area contributed by atoms with E-state index in [1.54, 1.807) is 30.3 Å². The molecule has 1 N–H and O–H groups in total. The summed E-state index contributed by atoms with van der Waals surface area (Å²) >= 11 is 0. The van der Waals surface area contributed by atoms with Crippen LogP contribution in [-0.4, -0.2) is 38.3 Å². The quantitative estimate of drug-likeness (QED) is 0.717. The highest BCUT2D eigenvalue weighted by Gasteiger charge is 2.18. The Morgan fingerprint density at radius 1 is 1.07 bits per heavy atom. The van der Waals surface area contributed by atoms with Crippen LogP contribution in [-0.2, 0) is 22.7 Å². The van der Waals surface area contributed by atoms with Gasteiger partial charge in [0.25, 0.3) is 5.56 Å². The van der Waals surface area contributed by atoms with Crippen molar-refractivity contribution >= 4 is 28.4 Å². The number of rotatable bonds is 5. The van der Waals surface area contributed by atoms with Crippen LogP contribution in [0, 0.1) is 0 Å². The first-order valence-electron chi connectivity index (χ1n) is 9.59. The number of carbonyl (C=O) groups is 2. The van der Waals surface area contributed by atoms with Crippen molar-refractivity contribution in [1.82, 2.24) is 19.9 Å². The van der Waals surface area contributed by atoms with Crippen LogP contribution in [0.1, 0.15) is 24.8 Å². The van der Waals surface area contributed by atoms with Gasteiger partial charge in [-0.05, 0) is 42.7 Å². The highest BCUT2D eigenvalue weighted by atomic mass is 16.2. The Labute approximate surface area is 167 Å². The van der Waals surface area contributed by atoms with Crippen molar-refractivity contribution < 1.29 is 9.59 Å². The van der Waals surface area contributed by atoms with E-state index in [2.05, 4.69) is 15.6 Å². The van der Waals surface area contributed by atoms with Gasteiger partial charge in [0.2, 0.25) is 11.8 Å². The fourth-order valence-electron chi connectivity index (χ4n) is 3.46. The number of nitrogens with zero attached hydrogens (tertiary/aromatic N) is 4. The van der Waals surface area contributed by atoms with Crippen LogP contribution in [0.25, 0.3) is 10.9 Å². The van der Waals surface area contributed by atoms with Crippen LogP contribution >= 0.6 is 0 Å². The lowest BCUT2D eigenvalue weighted by molar-refractivity contribution is -0.133. The second-order valence-electron chi connectivity index (χ2n) is 7.09. The lowest BCUT2D eigenvalue weighted by Gasteiger charge is -2.26. The zero-order valence-electron chi connectivity index (χ0n) is 15.9. The molecule has 8 heteroatoms. The second-order valence-corrected chi connectivity index (χ2v) is 7.09. The summed E-state index contributed by atoms with van der Waals surface area (Å²) in [4.78, 5) is 38.7. The van der Waals surface area contributed by atoms with Crippen LogP contribution in [0.2, 0.25) is 0 Å². The Balaban J connectivity index is 1.44. The predicted molar refractivity (Wildman–Crippen MR) is 108 cm³/mol. The van der Waals surface area contributed by atoms with Gasteiger partial charge in [-0.1, -0.05) is 29.5 Å². The molecule has 2 heterocycles. The first-order chi connectivity index (χ1) is 14.1. The number of hydrogen-bond donors (Lipinski definition) is 1. The molecule has 2 amide bonds. The summed E-state index contributed by atoms with van der Waals surface area (Å²) in [5, 5.41) is 11.0. The van der Waals surface area contributed by atoms with Crippen LogP contribution < -0.4 is 10.9 Å². The number of likely N-dealkylation sites (tertiary alicyclic amines) is 1. The van der Waals surface area contributed by atoms with Crippen LogP contribution in [0.4, 0.5) is 5.69 Å². The van der Waals surface area contributed by atoms with E-state index >= 15 is 0 Å². The maximum atomic E-state index is 12.5. The van der Waals surface area contributed by atoms with Crippen molar-refractivity contribution in [2.45, 2.75) is 32.4 Å². The number of amides is 2. The van der Waals surface area contributed by atoms with Gasteiger partial charge in [0.15, 0.2) is 0 Å². The Hall–Kier alpha value is -3.55. The molecule has 1 aliphatic rings. The van der Waals surface area contributed by atoms with Crippen molar-refractivity contribution in [3.8, 4) is 0 Å². The molecule has 3 aromatic rings. The van der Waals surface area contributed by atoms with Crippen molar-refractivity contribution in [2.24, 2.45) is 0 Å². The fraction of sp³-hybridized carbons (Fsp3) is 0.286. The van der Waals surface area contributed by atoms with E-state index in [4.69, 9.17) is 0 Å². The molecule has 1 saturated heterocycles. The predicted octanol–water partition coefficient (Wildman–Crippen LogP) is 1.94. The van der Waals surface area contributed by atoms with E-state index in [0.717, 1.165) is 29.6 Å². The van der Waals surface area contributed by atoms with Gasteiger partial charge < -0.3 is 10.2 Å². The van der Waals surface area contributed by atoms with E-state index in [-0.39, 0.29) is 23.9 Å². The number of hydrogen-bond acceptors (Lipinski definition) is 5. The zero-order valence-corrected chi connectivity index (χ0v) is 15.9. The molecule has 148 valence electrons. The topological polar surface area (TPSA) is 97.2 Å². The third-order valence-corrected chi connectivity index (χ3v) is 4.93. The molecule has 0 radical (unpaired) electrons. The van der Waals surface area contributed by atoms with E-state index in [1.165, 1.54) is 0 Å². The number of carbonyl (C=O) groups excluding carboxylic acids is 2. The molecule has 0 saturated carbocycles. The van der Waals surface area contributed by atoms with E-state index in [0.29, 0.717) is 29.6 Å². The molecule has 1 fully saturated rings. The van der Waals surface area contributed by atoms with Crippen molar-refractivity contribution in [3.05, 3.63) is 64.4 Å². The maximum Gasteiger partial charge on any atom is 0.278 e. The van der Waals surface area contributed by atoms with E-state index in [9.17, 15) is 14.4 Å². The third-order valence-electron chi connectivity index (χ3n) is 4.93. The summed E-state index contributed by atoms with van der Waals surface area (Å²) in [6, 6.07) is 14.3. The Morgan fingerprint density at radius 2 is 1.93 bits per heavy atom. The molecule has 0 aliphatic carbocycles. The zero-order chi connectivity index (χ0) is 20.2. The average Bonchev–Trinajstić information content (AvgIpc) is 2.72. The minimum absolute atomic E-state index is 0.167. The molecular weight excluding hydrogens is 370 g/mol. The SMILES string of the molecule is O=C(Cn1nnc2ccccc2c1=O)Nc1cccc(CN2CCCCC2=O)c1. The van der Waals surface area contributed by atoms with Gasteiger partial charge in [-0.15, -0.1) is 5.10 Å². The summed E-state index contributed by atoms with van der Waals surface area (Å²) in [6.07, 6.45) is 2.56. The lowest BCUT2D eigenvalue weighted by atomic mass is 10.1. The van der Waals surface area contributed by atoms with Crippen molar-refractivity contribution in [1.29, 1.82) is 0 Å². The van der Waals surface area contributed by atoms with Gasteiger partial charge >= 0.3 is 0 Å². The highest BCUT2D eigenvalue weighted by molar-refractivity contribution is 5.90. The number of anilines is 1. The summed E-state index contributed by atoms with van der Waals surface area (Å²) in [5.74, 6) is -0.206. The first-order valence-corrected chi connectivity index (χ1v) is 9.59. The summed E-state index contributed by atoms with van der Waals surface area (Å²) in [7, 11) is 0.